The van der Waals surface area contributed by atoms with Crippen LogP contribution in [0.2, 0.25) is 0 Å². The number of epoxide rings is 1. The van der Waals surface area contributed by atoms with Crippen molar-refractivity contribution in [1.29, 1.82) is 0 Å². The van der Waals surface area contributed by atoms with E-state index in [0.717, 1.165) is 24.3 Å². The van der Waals surface area contributed by atoms with Crippen molar-refractivity contribution in [3.05, 3.63) is 11.6 Å². The highest BCUT2D eigenvalue weighted by molar-refractivity contribution is 5.47. The first-order valence-corrected chi connectivity index (χ1v) is 13.1. The van der Waals surface area contributed by atoms with E-state index in [9.17, 15) is 20.4 Å². The summed E-state index contributed by atoms with van der Waals surface area (Å²) in [6, 6.07) is 0. The van der Waals surface area contributed by atoms with Crippen molar-refractivity contribution in [2.45, 2.75) is 115 Å². The van der Waals surface area contributed by atoms with E-state index in [1.54, 1.807) is 0 Å². The smallest absolute Gasteiger partial charge is 0.127 e. The Hall–Kier alpha value is -0.460. The molecule has 0 aromatic heterocycles. The van der Waals surface area contributed by atoms with Crippen molar-refractivity contribution in [3.63, 3.8) is 0 Å². The van der Waals surface area contributed by atoms with Crippen LogP contribution >= 0.6 is 0 Å². The Morgan fingerprint density at radius 3 is 2.53 bits per heavy atom. The predicted octanol–water partition coefficient (Wildman–Crippen LogP) is 3.58. The minimum absolute atomic E-state index is 0.0140. The fraction of sp³-hybridized carbons (Fsp3) is 0.926. The topological polar surface area (TPSA) is 93.5 Å². The Morgan fingerprint density at radius 1 is 1.09 bits per heavy atom. The molecule has 5 nitrogen and oxygen atoms in total. The van der Waals surface area contributed by atoms with Crippen LogP contribution in [-0.2, 0) is 4.74 Å². The van der Waals surface area contributed by atoms with E-state index < -0.39 is 28.8 Å². The molecule has 4 fully saturated rings. The highest BCUT2D eigenvalue weighted by Gasteiger charge is 2.83. The number of aliphatic hydroxyl groups is 4. The standard InChI is InChI=1S/C27H44O5/c1-16(2)6-5-7-17(3)19-8-9-20-21-12-22(30)26(31)13-18(29)10-11-25(26,15-28)27(21)23(32-27)14-24(19,20)4/h12,16-20,22-23,28-31H,5-11,13-15H2,1-4H3/t17-,18+,19-,20+,22+,23-,24-,25-,26+,27+/m1/s1. The van der Waals surface area contributed by atoms with E-state index in [2.05, 4.69) is 27.7 Å². The van der Waals surface area contributed by atoms with Crippen molar-refractivity contribution in [2.75, 3.05) is 6.61 Å². The van der Waals surface area contributed by atoms with Gasteiger partial charge in [0.15, 0.2) is 0 Å². The monoisotopic (exact) mass is 448 g/mol. The quantitative estimate of drug-likeness (QED) is 0.368. The average molecular weight is 449 g/mol. The van der Waals surface area contributed by atoms with Crippen LogP contribution in [0.4, 0.5) is 0 Å². The first kappa shape index (κ1) is 23.3. The van der Waals surface area contributed by atoms with Crippen molar-refractivity contribution in [3.8, 4) is 0 Å². The van der Waals surface area contributed by atoms with Gasteiger partial charge < -0.3 is 25.2 Å². The van der Waals surface area contributed by atoms with Gasteiger partial charge >= 0.3 is 0 Å². The third-order valence-electron chi connectivity index (χ3n) is 10.8. The third-order valence-corrected chi connectivity index (χ3v) is 10.8. The van der Waals surface area contributed by atoms with Crippen LogP contribution in [0.25, 0.3) is 0 Å². The lowest BCUT2D eigenvalue weighted by molar-refractivity contribution is -0.230. The van der Waals surface area contributed by atoms with Crippen LogP contribution in [0.5, 0.6) is 0 Å². The van der Waals surface area contributed by atoms with E-state index in [-0.39, 0.29) is 24.5 Å². The summed E-state index contributed by atoms with van der Waals surface area (Å²) in [5.74, 6) is 2.38. The number of aliphatic hydroxyl groups excluding tert-OH is 3. The Morgan fingerprint density at radius 2 is 1.84 bits per heavy atom. The largest absolute Gasteiger partial charge is 0.396 e. The first-order chi connectivity index (χ1) is 15.1. The number of fused-ring (bicyclic) bond motifs is 3. The van der Waals surface area contributed by atoms with Crippen molar-refractivity contribution in [1.82, 2.24) is 0 Å². The molecule has 0 bridgehead atoms. The number of ether oxygens (including phenoxy) is 1. The molecule has 4 N–H and O–H groups in total. The highest BCUT2D eigenvalue weighted by Crippen LogP contribution is 2.76. The van der Waals surface area contributed by atoms with E-state index in [1.165, 1.54) is 25.7 Å². The van der Waals surface area contributed by atoms with Crippen molar-refractivity contribution in [2.24, 2.45) is 34.5 Å². The summed E-state index contributed by atoms with van der Waals surface area (Å²) in [5, 5.41) is 43.9. The van der Waals surface area contributed by atoms with E-state index in [0.29, 0.717) is 30.6 Å². The molecule has 0 aromatic carbocycles. The van der Waals surface area contributed by atoms with E-state index in [4.69, 9.17) is 4.74 Å². The van der Waals surface area contributed by atoms with Gasteiger partial charge in [-0.1, -0.05) is 53.0 Å². The SMILES string of the molecule is CC(C)CCC[C@@H](C)[C@H]1CC[C@H]2C3=C[C@H](O)[C@@]4(O)C[C@@H](O)CC[C@]4(CO)[C@]34O[C@@H]4C[C@]12C. The maximum absolute atomic E-state index is 11.7. The molecule has 5 heteroatoms. The second-order valence-corrected chi connectivity index (χ2v) is 12.7. The minimum Gasteiger partial charge on any atom is -0.396 e. The normalized spacial score (nSPS) is 52.5. The third kappa shape index (κ3) is 2.81. The molecule has 0 radical (unpaired) electrons. The molecule has 182 valence electrons. The van der Waals surface area contributed by atoms with Gasteiger partial charge in [-0.25, -0.2) is 0 Å². The molecule has 0 amide bonds. The molecule has 0 unspecified atom stereocenters. The Kier molecular flexibility index (Phi) is 5.47. The van der Waals surface area contributed by atoms with Gasteiger partial charge in [-0.15, -0.1) is 0 Å². The summed E-state index contributed by atoms with van der Waals surface area (Å²) in [5.41, 5.74) is -1.87. The molecule has 1 heterocycles. The zero-order valence-corrected chi connectivity index (χ0v) is 20.4. The minimum atomic E-state index is -1.55. The number of rotatable bonds is 6. The van der Waals surface area contributed by atoms with Gasteiger partial charge in [0.25, 0.3) is 0 Å². The van der Waals surface area contributed by atoms with Crippen LogP contribution in [0.1, 0.15) is 85.5 Å². The summed E-state index contributed by atoms with van der Waals surface area (Å²) in [7, 11) is 0. The van der Waals surface area contributed by atoms with Gasteiger partial charge in [0, 0.05) is 6.42 Å². The van der Waals surface area contributed by atoms with Crippen molar-refractivity contribution >= 4 is 0 Å². The number of hydrogen-bond donors (Lipinski definition) is 4. The van der Waals surface area contributed by atoms with Gasteiger partial charge in [0.05, 0.1) is 24.2 Å². The van der Waals surface area contributed by atoms with Crippen LogP contribution in [0.3, 0.4) is 0 Å². The maximum atomic E-state index is 11.7. The van der Waals surface area contributed by atoms with Gasteiger partial charge in [-0.2, -0.15) is 0 Å². The number of hydrogen-bond acceptors (Lipinski definition) is 5. The van der Waals surface area contributed by atoms with E-state index >= 15 is 0 Å². The van der Waals surface area contributed by atoms with Crippen molar-refractivity contribution < 1.29 is 25.2 Å². The van der Waals surface area contributed by atoms with Crippen LogP contribution in [0.15, 0.2) is 11.6 Å². The van der Waals surface area contributed by atoms with Crippen LogP contribution < -0.4 is 0 Å². The zero-order valence-electron chi connectivity index (χ0n) is 20.4. The summed E-state index contributed by atoms with van der Waals surface area (Å²) in [6.45, 7) is 9.23. The Bertz CT molecular complexity index is 780. The lowest BCUT2D eigenvalue weighted by atomic mass is 9.44. The lowest BCUT2D eigenvalue weighted by Gasteiger charge is -2.61. The molecular weight excluding hydrogens is 404 g/mol. The molecule has 3 saturated carbocycles. The Labute approximate surface area is 193 Å². The first-order valence-electron chi connectivity index (χ1n) is 13.1. The second kappa shape index (κ2) is 7.52. The lowest BCUT2D eigenvalue weighted by Crippen LogP contribution is -2.72. The summed E-state index contributed by atoms with van der Waals surface area (Å²) < 4.78 is 6.54. The molecule has 0 aromatic rings. The predicted molar refractivity (Wildman–Crippen MR) is 123 cm³/mol. The summed E-state index contributed by atoms with van der Waals surface area (Å²) >= 11 is 0. The van der Waals surface area contributed by atoms with Gasteiger partial charge in [0.2, 0.25) is 0 Å². The molecule has 4 aliphatic carbocycles. The molecule has 32 heavy (non-hydrogen) atoms. The maximum Gasteiger partial charge on any atom is 0.127 e. The van der Waals surface area contributed by atoms with Gasteiger partial charge in [-0.3, -0.25) is 0 Å². The Balaban J connectivity index is 1.47. The van der Waals surface area contributed by atoms with Crippen LogP contribution in [-0.4, -0.2) is 56.5 Å². The summed E-state index contributed by atoms with van der Waals surface area (Å²) in [4.78, 5) is 0. The average Bonchev–Trinajstić information content (AvgIpc) is 3.32. The zero-order chi connectivity index (χ0) is 23.1. The van der Waals surface area contributed by atoms with Gasteiger partial charge in [0.1, 0.15) is 17.3 Å². The molecule has 1 aliphatic heterocycles. The fourth-order valence-corrected chi connectivity index (χ4v) is 9.12. The molecule has 10 atom stereocenters. The van der Waals surface area contributed by atoms with Crippen LogP contribution in [0, 0.1) is 34.5 Å². The summed E-state index contributed by atoms with van der Waals surface area (Å²) in [6.07, 6.45) is 8.30. The van der Waals surface area contributed by atoms with Gasteiger partial charge in [-0.05, 0) is 66.8 Å². The van der Waals surface area contributed by atoms with E-state index in [1.807, 2.05) is 6.08 Å². The second-order valence-electron chi connectivity index (χ2n) is 12.7. The highest BCUT2D eigenvalue weighted by atomic mass is 16.6. The molecule has 5 rings (SSSR count). The molecular formula is C27H44O5. The molecule has 1 saturated heterocycles. The molecule has 1 spiro atoms. The molecule has 5 aliphatic rings. The fourth-order valence-electron chi connectivity index (χ4n) is 9.12.